The van der Waals surface area contributed by atoms with Gasteiger partial charge in [0.25, 0.3) is 5.69 Å². The van der Waals surface area contributed by atoms with Gasteiger partial charge in [-0.2, -0.15) is 0 Å². The first kappa shape index (κ1) is 21.4. The molecule has 2 heterocycles. The maximum Gasteiger partial charge on any atom is 0.270 e. The molecule has 0 aliphatic carbocycles. The standard InChI is InChI=1S/C21H18N4O3S3/c1-12-3-4-13(2)14(7-12)10-29-21-22-15(11-30-21)8-19(26)24-20-23-17-6-5-16(25(27)28)9-18(17)31-20/h3-7,9,11H,8,10H2,1-2H3,(H,23,24,26). The number of aryl methyl sites for hydroxylation is 2. The Balaban J connectivity index is 1.36. The number of thioether (sulfide) groups is 1. The summed E-state index contributed by atoms with van der Waals surface area (Å²) in [6.45, 7) is 4.19. The summed E-state index contributed by atoms with van der Waals surface area (Å²) in [4.78, 5) is 31.7. The van der Waals surface area contributed by atoms with E-state index in [-0.39, 0.29) is 18.0 Å². The van der Waals surface area contributed by atoms with Crippen molar-refractivity contribution in [3.63, 3.8) is 0 Å². The number of carbonyl (C=O) groups excluding carboxylic acids is 1. The van der Waals surface area contributed by atoms with Crippen LogP contribution in [0.5, 0.6) is 0 Å². The molecular weight excluding hydrogens is 452 g/mol. The lowest BCUT2D eigenvalue weighted by molar-refractivity contribution is -0.384. The molecule has 4 aromatic rings. The van der Waals surface area contributed by atoms with E-state index in [2.05, 4.69) is 47.3 Å². The number of nitro groups is 1. The van der Waals surface area contributed by atoms with Crippen molar-refractivity contribution in [1.29, 1.82) is 0 Å². The van der Waals surface area contributed by atoms with Gasteiger partial charge in [0.1, 0.15) is 4.34 Å². The number of rotatable bonds is 7. The fraction of sp³-hybridized carbons (Fsp3) is 0.190. The van der Waals surface area contributed by atoms with Crippen molar-refractivity contribution in [1.82, 2.24) is 9.97 Å². The third kappa shape index (κ3) is 5.27. The number of carbonyl (C=O) groups is 1. The molecule has 0 saturated carbocycles. The summed E-state index contributed by atoms with van der Waals surface area (Å²) in [5, 5.41) is 16.0. The first-order valence-corrected chi connectivity index (χ1v) is 12.0. The third-order valence-electron chi connectivity index (χ3n) is 4.56. The Kier molecular flexibility index (Phi) is 6.30. The molecule has 0 spiro atoms. The number of nitrogens with one attached hydrogen (secondary N) is 1. The van der Waals surface area contributed by atoms with E-state index in [1.54, 1.807) is 17.8 Å². The van der Waals surface area contributed by atoms with E-state index in [1.807, 2.05) is 5.38 Å². The molecule has 1 N–H and O–H groups in total. The lowest BCUT2D eigenvalue weighted by atomic mass is 10.1. The number of non-ortho nitro benzene ring substituents is 1. The highest BCUT2D eigenvalue weighted by Gasteiger charge is 2.14. The first-order valence-electron chi connectivity index (χ1n) is 9.35. The largest absolute Gasteiger partial charge is 0.302 e. The number of hydrogen-bond donors (Lipinski definition) is 1. The van der Waals surface area contributed by atoms with Crippen molar-refractivity contribution >= 4 is 61.4 Å². The van der Waals surface area contributed by atoms with Gasteiger partial charge in [0.2, 0.25) is 5.91 Å². The topological polar surface area (TPSA) is 98.0 Å². The van der Waals surface area contributed by atoms with Gasteiger partial charge < -0.3 is 5.32 Å². The van der Waals surface area contributed by atoms with Crippen molar-refractivity contribution in [3.8, 4) is 0 Å². The van der Waals surface area contributed by atoms with Crippen LogP contribution in [0.3, 0.4) is 0 Å². The predicted octanol–water partition coefficient (Wildman–Crippen LogP) is 5.75. The highest BCUT2D eigenvalue weighted by molar-refractivity contribution is 8.00. The smallest absolute Gasteiger partial charge is 0.270 e. The Morgan fingerprint density at radius 1 is 1.19 bits per heavy atom. The molecule has 0 saturated heterocycles. The van der Waals surface area contributed by atoms with Crippen LogP contribution in [0.2, 0.25) is 0 Å². The summed E-state index contributed by atoms with van der Waals surface area (Å²) in [5.41, 5.74) is 5.11. The molecule has 158 valence electrons. The van der Waals surface area contributed by atoms with E-state index in [0.29, 0.717) is 21.0 Å². The monoisotopic (exact) mass is 470 g/mol. The minimum atomic E-state index is -0.449. The third-order valence-corrected chi connectivity index (χ3v) is 7.61. The number of nitrogens with zero attached hydrogens (tertiary/aromatic N) is 3. The number of benzene rings is 2. The van der Waals surface area contributed by atoms with Crippen molar-refractivity contribution in [2.75, 3.05) is 5.32 Å². The average molecular weight is 471 g/mol. The quantitative estimate of drug-likeness (QED) is 0.210. The van der Waals surface area contributed by atoms with Crippen molar-refractivity contribution in [2.45, 2.75) is 30.4 Å². The zero-order valence-corrected chi connectivity index (χ0v) is 19.2. The molecule has 31 heavy (non-hydrogen) atoms. The van der Waals surface area contributed by atoms with Gasteiger partial charge in [-0.15, -0.1) is 11.3 Å². The number of hydrogen-bond acceptors (Lipinski definition) is 8. The van der Waals surface area contributed by atoms with Crippen LogP contribution >= 0.6 is 34.4 Å². The van der Waals surface area contributed by atoms with Crippen LogP contribution < -0.4 is 5.32 Å². The molecule has 0 fully saturated rings. The Labute approximate surface area is 190 Å². The van der Waals surface area contributed by atoms with Gasteiger partial charge in [-0.3, -0.25) is 14.9 Å². The van der Waals surface area contributed by atoms with Gasteiger partial charge in [-0.05, 0) is 31.0 Å². The van der Waals surface area contributed by atoms with Crippen LogP contribution in [0, 0.1) is 24.0 Å². The van der Waals surface area contributed by atoms with E-state index >= 15 is 0 Å². The summed E-state index contributed by atoms with van der Waals surface area (Å²) in [6.07, 6.45) is 0.149. The SMILES string of the molecule is Cc1ccc(C)c(CSc2nc(CC(=O)Nc3nc4ccc([N+](=O)[O-])cc4s3)cs2)c1. The predicted molar refractivity (Wildman–Crippen MR) is 126 cm³/mol. The summed E-state index contributed by atoms with van der Waals surface area (Å²) in [5.74, 6) is 0.620. The molecule has 1 amide bonds. The Morgan fingerprint density at radius 3 is 2.84 bits per heavy atom. The highest BCUT2D eigenvalue weighted by atomic mass is 32.2. The van der Waals surface area contributed by atoms with Crippen LogP contribution in [0.4, 0.5) is 10.8 Å². The number of anilines is 1. The molecule has 2 aromatic heterocycles. The fourth-order valence-electron chi connectivity index (χ4n) is 2.94. The summed E-state index contributed by atoms with van der Waals surface area (Å²) < 4.78 is 1.58. The number of aromatic nitrogens is 2. The van der Waals surface area contributed by atoms with Crippen molar-refractivity contribution in [3.05, 3.63) is 74.3 Å². The van der Waals surface area contributed by atoms with E-state index in [0.717, 1.165) is 10.1 Å². The summed E-state index contributed by atoms with van der Waals surface area (Å²) >= 11 is 4.41. The molecular formula is C21H18N4O3S3. The van der Waals surface area contributed by atoms with E-state index < -0.39 is 4.92 Å². The molecule has 0 aliphatic heterocycles. The van der Waals surface area contributed by atoms with Gasteiger partial charge in [0.05, 0.1) is 27.3 Å². The molecule has 4 rings (SSSR count). The molecule has 0 bridgehead atoms. The Hall–Kier alpha value is -2.82. The minimum Gasteiger partial charge on any atom is -0.302 e. The Bertz CT molecular complexity index is 1280. The molecule has 7 nitrogen and oxygen atoms in total. The zero-order valence-electron chi connectivity index (χ0n) is 16.7. The van der Waals surface area contributed by atoms with Crippen LogP contribution in [0.25, 0.3) is 10.2 Å². The van der Waals surface area contributed by atoms with E-state index in [4.69, 9.17) is 0 Å². The number of nitro benzene ring substituents is 1. The molecule has 0 unspecified atom stereocenters. The number of thiazole rings is 2. The first-order chi connectivity index (χ1) is 14.9. The van der Waals surface area contributed by atoms with Crippen molar-refractivity contribution < 1.29 is 9.72 Å². The zero-order chi connectivity index (χ0) is 22.0. The van der Waals surface area contributed by atoms with Gasteiger partial charge in [0.15, 0.2) is 5.13 Å². The maximum atomic E-state index is 12.4. The second kappa shape index (κ2) is 9.13. The van der Waals surface area contributed by atoms with Crippen LogP contribution in [0.1, 0.15) is 22.4 Å². The molecule has 0 radical (unpaired) electrons. The highest BCUT2D eigenvalue weighted by Crippen LogP contribution is 2.30. The molecule has 10 heteroatoms. The van der Waals surface area contributed by atoms with E-state index in [1.165, 1.54) is 51.5 Å². The second-order valence-corrected chi connectivity index (χ2v) is 10.1. The minimum absolute atomic E-state index is 0.00221. The van der Waals surface area contributed by atoms with Gasteiger partial charge >= 0.3 is 0 Å². The summed E-state index contributed by atoms with van der Waals surface area (Å²) in [7, 11) is 0. The fourth-order valence-corrected chi connectivity index (χ4v) is 5.76. The normalized spacial score (nSPS) is 11.0. The van der Waals surface area contributed by atoms with Crippen molar-refractivity contribution in [2.24, 2.45) is 0 Å². The number of fused-ring (bicyclic) bond motifs is 1. The number of amides is 1. The van der Waals surface area contributed by atoms with E-state index in [9.17, 15) is 14.9 Å². The van der Waals surface area contributed by atoms with Crippen LogP contribution in [-0.4, -0.2) is 20.8 Å². The van der Waals surface area contributed by atoms with Crippen LogP contribution in [-0.2, 0) is 17.0 Å². The molecule has 0 aliphatic rings. The lowest BCUT2D eigenvalue weighted by Crippen LogP contribution is -2.14. The van der Waals surface area contributed by atoms with Gasteiger partial charge in [0, 0.05) is 23.3 Å². The lowest BCUT2D eigenvalue weighted by Gasteiger charge is -2.05. The molecule has 2 aromatic carbocycles. The van der Waals surface area contributed by atoms with Crippen LogP contribution in [0.15, 0.2) is 46.1 Å². The van der Waals surface area contributed by atoms with Gasteiger partial charge in [-0.25, -0.2) is 9.97 Å². The maximum absolute atomic E-state index is 12.4. The average Bonchev–Trinajstić information content (AvgIpc) is 3.33. The summed E-state index contributed by atoms with van der Waals surface area (Å²) in [6, 6.07) is 10.9. The second-order valence-electron chi connectivity index (χ2n) is 6.98. The molecule has 0 atom stereocenters. The van der Waals surface area contributed by atoms with Gasteiger partial charge in [-0.1, -0.05) is 46.9 Å². The Morgan fingerprint density at radius 2 is 2.03 bits per heavy atom.